The summed E-state index contributed by atoms with van der Waals surface area (Å²) in [5, 5.41) is 13.4. The van der Waals surface area contributed by atoms with Gasteiger partial charge >= 0.3 is 0 Å². The van der Waals surface area contributed by atoms with Crippen molar-refractivity contribution in [3.63, 3.8) is 0 Å². The molecule has 184 valence electrons. The van der Waals surface area contributed by atoms with Crippen molar-refractivity contribution in [2.75, 3.05) is 27.1 Å². The fourth-order valence-corrected chi connectivity index (χ4v) is 4.20. The lowest BCUT2D eigenvalue weighted by Gasteiger charge is -2.11. The molecule has 0 aliphatic carbocycles. The van der Waals surface area contributed by atoms with Crippen molar-refractivity contribution in [1.82, 2.24) is 20.2 Å². The van der Waals surface area contributed by atoms with Crippen LogP contribution in [0.4, 0.5) is 0 Å². The molecule has 3 aromatic carbocycles. The standard InChI is InChI=1S/C26H25N5O4S/c1-33-21-14-12-20(13-15-21)31-25(18-8-5-4-6-9-18)29-30-26(31)36-17-23(32)28-27-16-19-10-7-11-22(34-2)24(19)35-3/h4-16H,17H2,1-3H3,(H,28,32)/b27-16-. The molecule has 0 bridgehead atoms. The van der Waals surface area contributed by atoms with Crippen molar-refractivity contribution in [2.45, 2.75) is 5.16 Å². The zero-order valence-corrected chi connectivity index (χ0v) is 20.9. The highest BCUT2D eigenvalue weighted by Crippen LogP contribution is 2.30. The van der Waals surface area contributed by atoms with E-state index >= 15 is 0 Å². The van der Waals surface area contributed by atoms with Crippen LogP contribution in [0.2, 0.25) is 0 Å². The van der Waals surface area contributed by atoms with Gasteiger partial charge in [-0.3, -0.25) is 9.36 Å². The summed E-state index contributed by atoms with van der Waals surface area (Å²) in [6.45, 7) is 0. The molecular formula is C26H25N5O4S. The highest BCUT2D eigenvalue weighted by atomic mass is 32.2. The summed E-state index contributed by atoms with van der Waals surface area (Å²) in [7, 11) is 4.73. The summed E-state index contributed by atoms with van der Waals surface area (Å²) in [6, 6.07) is 22.8. The largest absolute Gasteiger partial charge is 0.497 e. The Kier molecular flexibility index (Phi) is 8.20. The van der Waals surface area contributed by atoms with E-state index in [9.17, 15) is 4.79 Å². The SMILES string of the molecule is COc1ccc(-n2c(SCC(=O)N/N=C\c3cccc(OC)c3OC)nnc2-c2ccccc2)cc1. The van der Waals surface area contributed by atoms with E-state index in [1.165, 1.54) is 18.0 Å². The van der Waals surface area contributed by atoms with Crippen molar-refractivity contribution in [3.05, 3.63) is 78.4 Å². The van der Waals surface area contributed by atoms with Crippen LogP contribution in [0.25, 0.3) is 17.1 Å². The lowest BCUT2D eigenvalue weighted by Crippen LogP contribution is -2.20. The molecule has 0 radical (unpaired) electrons. The number of rotatable bonds is 10. The van der Waals surface area contributed by atoms with Crippen LogP contribution >= 0.6 is 11.8 Å². The number of thioether (sulfide) groups is 1. The maximum Gasteiger partial charge on any atom is 0.250 e. The summed E-state index contributed by atoms with van der Waals surface area (Å²) in [5.41, 5.74) is 4.98. The fourth-order valence-electron chi connectivity index (χ4n) is 3.45. The summed E-state index contributed by atoms with van der Waals surface area (Å²) in [5.74, 6) is 2.34. The van der Waals surface area contributed by atoms with Gasteiger partial charge in [0.2, 0.25) is 0 Å². The Balaban J connectivity index is 1.50. The van der Waals surface area contributed by atoms with Gasteiger partial charge < -0.3 is 14.2 Å². The molecule has 9 nitrogen and oxygen atoms in total. The monoisotopic (exact) mass is 503 g/mol. The first-order chi connectivity index (χ1) is 17.6. The molecule has 0 fully saturated rings. The number of benzene rings is 3. The van der Waals surface area contributed by atoms with Crippen molar-refractivity contribution < 1.29 is 19.0 Å². The van der Waals surface area contributed by atoms with E-state index in [1.54, 1.807) is 27.4 Å². The summed E-state index contributed by atoms with van der Waals surface area (Å²) < 4.78 is 17.9. The zero-order valence-electron chi connectivity index (χ0n) is 20.0. The molecule has 36 heavy (non-hydrogen) atoms. The molecule has 1 N–H and O–H groups in total. The van der Waals surface area contributed by atoms with Crippen LogP contribution in [0.5, 0.6) is 17.2 Å². The normalized spacial score (nSPS) is 10.9. The number of hydrogen-bond donors (Lipinski definition) is 1. The maximum absolute atomic E-state index is 12.5. The van der Waals surface area contributed by atoms with E-state index in [1.807, 2.05) is 71.3 Å². The molecular weight excluding hydrogens is 478 g/mol. The average molecular weight is 504 g/mol. The number of methoxy groups -OCH3 is 3. The second kappa shape index (κ2) is 11.9. The van der Waals surface area contributed by atoms with Crippen LogP contribution in [0.15, 0.2) is 83.1 Å². The van der Waals surface area contributed by atoms with Gasteiger partial charge in [0.1, 0.15) is 5.75 Å². The fraction of sp³-hybridized carbons (Fsp3) is 0.154. The number of hydrogen-bond acceptors (Lipinski definition) is 8. The lowest BCUT2D eigenvalue weighted by atomic mass is 10.2. The van der Waals surface area contributed by atoms with E-state index < -0.39 is 0 Å². The molecule has 0 saturated carbocycles. The molecule has 0 atom stereocenters. The first kappa shape index (κ1) is 24.8. The summed E-state index contributed by atoms with van der Waals surface area (Å²) >= 11 is 1.26. The number of aromatic nitrogens is 3. The van der Waals surface area contributed by atoms with Crippen LogP contribution in [0, 0.1) is 0 Å². The minimum atomic E-state index is -0.288. The molecule has 4 rings (SSSR count). The first-order valence-corrected chi connectivity index (χ1v) is 11.9. The van der Waals surface area contributed by atoms with E-state index in [4.69, 9.17) is 14.2 Å². The van der Waals surface area contributed by atoms with E-state index in [-0.39, 0.29) is 11.7 Å². The zero-order chi connectivity index (χ0) is 25.3. The van der Waals surface area contributed by atoms with Crippen molar-refractivity contribution >= 4 is 23.9 Å². The minimum Gasteiger partial charge on any atom is -0.497 e. The van der Waals surface area contributed by atoms with Crippen LogP contribution in [0.3, 0.4) is 0 Å². The lowest BCUT2D eigenvalue weighted by molar-refractivity contribution is -0.118. The number of amides is 1. The van der Waals surface area contributed by atoms with E-state index in [2.05, 4.69) is 20.7 Å². The van der Waals surface area contributed by atoms with Gasteiger partial charge in [-0.15, -0.1) is 10.2 Å². The molecule has 0 spiro atoms. The van der Waals surface area contributed by atoms with Gasteiger partial charge in [0, 0.05) is 16.8 Å². The van der Waals surface area contributed by atoms with Gasteiger partial charge in [-0.05, 0) is 36.4 Å². The molecule has 1 aromatic heterocycles. The van der Waals surface area contributed by atoms with Crippen molar-refractivity contribution in [1.29, 1.82) is 0 Å². The Labute approximate surface area is 213 Å². The molecule has 0 aliphatic heterocycles. The molecule has 4 aromatic rings. The number of hydrazone groups is 1. The van der Waals surface area contributed by atoms with E-state index in [0.29, 0.717) is 28.0 Å². The van der Waals surface area contributed by atoms with Gasteiger partial charge in [-0.25, -0.2) is 5.43 Å². The van der Waals surface area contributed by atoms with Gasteiger partial charge in [0.25, 0.3) is 5.91 Å². The van der Waals surface area contributed by atoms with Crippen LogP contribution < -0.4 is 19.6 Å². The highest BCUT2D eigenvalue weighted by Gasteiger charge is 2.17. The number of nitrogens with one attached hydrogen (secondary N) is 1. The van der Waals surface area contributed by atoms with Crippen LogP contribution in [-0.4, -0.2) is 54.0 Å². The topological polar surface area (TPSA) is 99.9 Å². The maximum atomic E-state index is 12.5. The van der Waals surface area contributed by atoms with Crippen molar-refractivity contribution in [3.8, 4) is 34.3 Å². The third-order valence-electron chi connectivity index (χ3n) is 5.15. The number of para-hydroxylation sites is 1. The number of carbonyl (C=O) groups excluding carboxylic acids is 1. The average Bonchev–Trinajstić information content (AvgIpc) is 3.36. The highest BCUT2D eigenvalue weighted by molar-refractivity contribution is 7.99. The Morgan fingerprint density at radius 2 is 1.72 bits per heavy atom. The van der Waals surface area contributed by atoms with Gasteiger partial charge in [-0.1, -0.05) is 48.2 Å². The molecule has 10 heteroatoms. The van der Waals surface area contributed by atoms with Gasteiger partial charge in [0.05, 0.1) is 33.3 Å². The van der Waals surface area contributed by atoms with Gasteiger partial charge in [0.15, 0.2) is 22.5 Å². The second-order valence-corrected chi connectivity index (χ2v) is 8.31. The van der Waals surface area contributed by atoms with E-state index in [0.717, 1.165) is 17.0 Å². The quantitative estimate of drug-likeness (QED) is 0.197. The number of carbonyl (C=O) groups is 1. The molecule has 0 aliphatic rings. The number of ether oxygens (including phenoxy) is 3. The molecule has 1 amide bonds. The predicted molar refractivity (Wildman–Crippen MR) is 139 cm³/mol. The van der Waals surface area contributed by atoms with Crippen LogP contribution in [0.1, 0.15) is 5.56 Å². The minimum absolute atomic E-state index is 0.0929. The predicted octanol–water partition coefficient (Wildman–Crippen LogP) is 4.20. The third kappa shape index (κ3) is 5.66. The second-order valence-electron chi connectivity index (χ2n) is 7.37. The Morgan fingerprint density at radius 1 is 0.944 bits per heavy atom. The van der Waals surface area contributed by atoms with Gasteiger partial charge in [-0.2, -0.15) is 5.10 Å². The Hall–Kier alpha value is -4.31. The smallest absolute Gasteiger partial charge is 0.250 e. The van der Waals surface area contributed by atoms with Crippen LogP contribution in [-0.2, 0) is 4.79 Å². The summed E-state index contributed by atoms with van der Waals surface area (Å²) in [4.78, 5) is 12.5. The molecule has 1 heterocycles. The Bertz CT molecular complexity index is 1340. The summed E-state index contributed by atoms with van der Waals surface area (Å²) in [6.07, 6.45) is 1.51. The van der Waals surface area contributed by atoms with Crippen molar-refractivity contribution in [2.24, 2.45) is 5.10 Å². The first-order valence-electron chi connectivity index (χ1n) is 11.0. The number of nitrogens with zero attached hydrogens (tertiary/aromatic N) is 4. The Morgan fingerprint density at radius 3 is 2.42 bits per heavy atom. The molecule has 0 saturated heterocycles. The molecule has 0 unspecified atom stereocenters. The third-order valence-corrected chi connectivity index (χ3v) is 6.08.